The van der Waals surface area contributed by atoms with Crippen molar-refractivity contribution < 1.29 is 0 Å². The quantitative estimate of drug-likeness (QED) is 0.755. The minimum absolute atomic E-state index is 0.449. The van der Waals surface area contributed by atoms with Crippen LogP contribution in [0.3, 0.4) is 0 Å². The van der Waals surface area contributed by atoms with Gasteiger partial charge in [0.1, 0.15) is 0 Å². The van der Waals surface area contributed by atoms with Crippen molar-refractivity contribution >= 4 is 0 Å². The Balaban J connectivity index is 2.43. The van der Waals surface area contributed by atoms with Crippen LogP contribution >= 0.6 is 0 Å². The zero-order valence-electron chi connectivity index (χ0n) is 12.2. The molecule has 0 aliphatic heterocycles. The topological polar surface area (TPSA) is 12.0 Å². The molecule has 0 aromatic heterocycles. The zero-order valence-corrected chi connectivity index (χ0v) is 12.2. The fourth-order valence-electron chi connectivity index (χ4n) is 3.05. The molecule has 0 radical (unpaired) electrons. The van der Waals surface area contributed by atoms with Gasteiger partial charge in [0, 0.05) is 12.6 Å². The average Bonchev–Trinajstić information content (AvgIpc) is 2.12. The second kappa shape index (κ2) is 5.08. The van der Waals surface area contributed by atoms with E-state index in [1.165, 1.54) is 25.7 Å². The second-order valence-electron chi connectivity index (χ2n) is 7.51. The molecule has 2 atom stereocenters. The van der Waals surface area contributed by atoms with Crippen molar-refractivity contribution in [3.05, 3.63) is 0 Å². The highest BCUT2D eigenvalue weighted by atomic mass is 14.9. The molecule has 16 heavy (non-hydrogen) atoms. The third-order valence-corrected chi connectivity index (χ3v) is 4.21. The summed E-state index contributed by atoms with van der Waals surface area (Å²) in [6.45, 7) is 15.4. The van der Waals surface area contributed by atoms with E-state index in [2.05, 4.69) is 46.9 Å². The Bertz CT molecular complexity index is 217. The van der Waals surface area contributed by atoms with Gasteiger partial charge in [0.25, 0.3) is 0 Å². The minimum Gasteiger partial charge on any atom is -0.313 e. The molecule has 0 aromatic carbocycles. The van der Waals surface area contributed by atoms with E-state index in [9.17, 15) is 0 Å². The molecule has 1 aliphatic carbocycles. The monoisotopic (exact) mass is 225 g/mol. The minimum atomic E-state index is 0.449. The van der Waals surface area contributed by atoms with E-state index >= 15 is 0 Å². The van der Waals surface area contributed by atoms with Crippen LogP contribution in [-0.2, 0) is 0 Å². The lowest BCUT2D eigenvalue weighted by molar-refractivity contribution is 0.142. The van der Waals surface area contributed by atoms with Crippen molar-refractivity contribution in [2.75, 3.05) is 6.54 Å². The van der Waals surface area contributed by atoms with Crippen LogP contribution in [-0.4, -0.2) is 12.6 Å². The van der Waals surface area contributed by atoms with E-state index in [1.807, 2.05) is 0 Å². The summed E-state index contributed by atoms with van der Waals surface area (Å²) in [6.07, 6.45) is 5.36. The normalized spacial score (nSPS) is 30.4. The Kier molecular flexibility index (Phi) is 4.45. The van der Waals surface area contributed by atoms with Crippen molar-refractivity contribution in [1.29, 1.82) is 0 Å². The molecule has 1 aliphatic rings. The van der Waals surface area contributed by atoms with Gasteiger partial charge in [-0.25, -0.2) is 0 Å². The van der Waals surface area contributed by atoms with Crippen LogP contribution in [0.4, 0.5) is 0 Å². The summed E-state index contributed by atoms with van der Waals surface area (Å²) in [4.78, 5) is 0. The molecule has 0 aromatic rings. The van der Waals surface area contributed by atoms with Crippen LogP contribution in [0, 0.1) is 16.7 Å². The molecule has 1 fully saturated rings. The van der Waals surface area contributed by atoms with Gasteiger partial charge in [-0.15, -0.1) is 0 Å². The fraction of sp³-hybridized carbons (Fsp3) is 1.00. The van der Waals surface area contributed by atoms with Crippen molar-refractivity contribution in [3.63, 3.8) is 0 Å². The third kappa shape index (κ3) is 4.45. The third-order valence-electron chi connectivity index (χ3n) is 4.21. The molecule has 1 heteroatoms. The van der Waals surface area contributed by atoms with Crippen LogP contribution in [0.25, 0.3) is 0 Å². The van der Waals surface area contributed by atoms with E-state index in [0.29, 0.717) is 10.8 Å². The largest absolute Gasteiger partial charge is 0.313 e. The highest BCUT2D eigenvalue weighted by Gasteiger charge is 2.32. The molecule has 0 bridgehead atoms. The molecular formula is C15H31N. The molecule has 0 heterocycles. The standard InChI is InChI=1S/C15H31N/c1-7-14(3,4)11-16-13-8-12(2)9-15(5,6)10-13/h12-13,16H,7-11H2,1-6H3. The van der Waals surface area contributed by atoms with E-state index in [4.69, 9.17) is 0 Å². The van der Waals surface area contributed by atoms with Gasteiger partial charge in [0.05, 0.1) is 0 Å². The summed E-state index contributed by atoms with van der Waals surface area (Å²) < 4.78 is 0. The van der Waals surface area contributed by atoms with Gasteiger partial charge in [0.2, 0.25) is 0 Å². The van der Waals surface area contributed by atoms with E-state index in [1.54, 1.807) is 0 Å². The van der Waals surface area contributed by atoms with Gasteiger partial charge in [-0.1, -0.05) is 41.5 Å². The first kappa shape index (κ1) is 14.0. The molecule has 1 nitrogen and oxygen atoms in total. The summed E-state index contributed by atoms with van der Waals surface area (Å²) in [5.41, 5.74) is 0.983. The Morgan fingerprint density at radius 3 is 2.38 bits per heavy atom. The molecule has 1 N–H and O–H groups in total. The number of rotatable bonds is 4. The Hall–Kier alpha value is -0.0400. The van der Waals surface area contributed by atoms with Crippen LogP contribution in [0.2, 0.25) is 0 Å². The molecule has 2 unspecified atom stereocenters. The predicted molar refractivity (Wildman–Crippen MR) is 72.7 cm³/mol. The second-order valence-corrected chi connectivity index (χ2v) is 7.51. The smallest absolute Gasteiger partial charge is 0.00749 e. The first-order valence-electron chi connectivity index (χ1n) is 6.97. The summed E-state index contributed by atoms with van der Waals surface area (Å²) in [5, 5.41) is 3.80. The average molecular weight is 225 g/mol. The van der Waals surface area contributed by atoms with Crippen molar-refractivity contribution in [2.45, 2.75) is 73.3 Å². The van der Waals surface area contributed by atoms with Crippen LogP contribution < -0.4 is 5.32 Å². The summed E-state index contributed by atoms with van der Waals surface area (Å²) in [6, 6.07) is 0.740. The van der Waals surface area contributed by atoms with Gasteiger partial charge in [-0.3, -0.25) is 0 Å². The predicted octanol–water partition coefficient (Wildman–Crippen LogP) is 4.23. The molecular weight excluding hydrogens is 194 g/mol. The first-order chi connectivity index (χ1) is 7.24. The molecule has 0 amide bonds. The Morgan fingerprint density at radius 1 is 1.25 bits per heavy atom. The lowest BCUT2D eigenvalue weighted by atomic mass is 9.70. The maximum absolute atomic E-state index is 3.80. The van der Waals surface area contributed by atoms with Gasteiger partial charge in [0.15, 0.2) is 0 Å². The van der Waals surface area contributed by atoms with Gasteiger partial charge in [-0.05, 0) is 42.4 Å². The SMILES string of the molecule is CCC(C)(C)CNC1CC(C)CC(C)(C)C1. The Labute approximate surface area is 102 Å². The van der Waals surface area contributed by atoms with Gasteiger partial charge in [-0.2, -0.15) is 0 Å². The highest BCUT2D eigenvalue weighted by Crippen LogP contribution is 2.38. The maximum atomic E-state index is 3.80. The van der Waals surface area contributed by atoms with Crippen molar-refractivity contribution in [2.24, 2.45) is 16.7 Å². The molecule has 96 valence electrons. The molecule has 0 saturated heterocycles. The van der Waals surface area contributed by atoms with Crippen molar-refractivity contribution in [3.8, 4) is 0 Å². The molecule has 1 rings (SSSR count). The number of nitrogens with one attached hydrogen (secondary N) is 1. The lowest BCUT2D eigenvalue weighted by Gasteiger charge is -2.40. The number of hydrogen-bond acceptors (Lipinski definition) is 1. The van der Waals surface area contributed by atoms with E-state index in [0.717, 1.165) is 18.5 Å². The Morgan fingerprint density at radius 2 is 1.88 bits per heavy atom. The lowest BCUT2D eigenvalue weighted by Crippen LogP contribution is -2.43. The summed E-state index contributed by atoms with van der Waals surface area (Å²) >= 11 is 0. The maximum Gasteiger partial charge on any atom is 0.00749 e. The highest BCUT2D eigenvalue weighted by molar-refractivity contribution is 4.87. The van der Waals surface area contributed by atoms with Crippen LogP contribution in [0.5, 0.6) is 0 Å². The first-order valence-corrected chi connectivity index (χ1v) is 6.97. The zero-order chi connectivity index (χ0) is 12.4. The van der Waals surface area contributed by atoms with E-state index < -0.39 is 0 Å². The summed E-state index contributed by atoms with van der Waals surface area (Å²) in [7, 11) is 0. The van der Waals surface area contributed by atoms with Gasteiger partial charge >= 0.3 is 0 Å². The van der Waals surface area contributed by atoms with Crippen LogP contribution in [0.15, 0.2) is 0 Å². The van der Waals surface area contributed by atoms with Gasteiger partial charge < -0.3 is 5.32 Å². The molecule has 1 saturated carbocycles. The van der Waals surface area contributed by atoms with Crippen LogP contribution in [0.1, 0.15) is 67.2 Å². The number of hydrogen-bond donors (Lipinski definition) is 1. The van der Waals surface area contributed by atoms with Crippen molar-refractivity contribution in [1.82, 2.24) is 5.32 Å². The fourth-order valence-corrected chi connectivity index (χ4v) is 3.05. The summed E-state index contributed by atoms with van der Waals surface area (Å²) in [5.74, 6) is 0.881. The molecule has 0 spiro atoms. The van der Waals surface area contributed by atoms with E-state index in [-0.39, 0.29) is 0 Å².